The SMILES string of the molecule is COc1ccc(C)c2c1O[C@H]1C(OC(=O)[C@@H](OC(C)=O)[C@H](OC(C)=O)C(=O)O[C@@H](C)C(=O)O)=CC[C@@]3(O)[C@@H](C)N(C)CC[C@]213. The number of ether oxygens (including phenoxy) is 6. The summed E-state index contributed by atoms with van der Waals surface area (Å²) in [4.78, 5) is 63.8. The van der Waals surface area contributed by atoms with Gasteiger partial charge in [-0.25, -0.2) is 14.4 Å². The first-order valence-corrected chi connectivity index (χ1v) is 14.1. The molecule has 1 saturated heterocycles. The summed E-state index contributed by atoms with van der Waals surface area (Å²) >= 11 is 0. The molecule has 1 aromatic rings. The molecule has 14 heteroatoms. The molecule has 4 rings (SSSR count). The molecule has 0 amide bonds. The fourth-order valence-electron chi connectivity index (χ4n) is 6.45. The Morgan fingerprint density at radius 2 is 1.66 bits per heavy atom. The molecule has 1 aliphatic carbocycles. The number of piperidine rings is 1. The average Bonchev–Trinajstić information content (AvgIpc) is 3.31. The third-order valence-electron chi connectivity index (χ3n) is 8.72. The zero-order valence-electron chi connectivity index (χ0n) is 25.6. The molecule has 1 aromatic carbocycles. The van der Waals surface area contributed by atoms with Crippen molar-refractivity contribution < 1.29 is 62.6 Å². The number of fused-ring (bicyclic) bond motifs is 1. The summed E-state index contributed by atoms with van der Waals surface area (Å²) in [5, 5.41) is 21.6. The predicted octanol–water partition coefficient (Wildman–Crippen LogP) is 1.17. The maximum Gasteiger partial charge on any atom is 0.357 e. The van der Waals surface area contributed by atoms with Crippen LogP contribution in [0.1, 0.15) is 51.7 Å². The Hall–Kier alpha value is -4.17. The lowest BCUT2D eigenvalue weighted by Gasteiger charge is -2.58. The van der Waals surface area contributed by atoms with Gasteiger partial charge in [0, 0.05) is 31.9 Å². The lowest BCUT2D eigenvalue weighted by atomic mass is 9.54. The fraction of sp³-hybridized carbons (Fsp3) is 0.567. The molecular weight excluding hydrogens is 582 g/mol. The molecule has 0 unspecified atom stereocenters. The van der Waals surface area contributed by atoms with Gasteiger partial charge in [-0.2, -0.15) is 0 Å². The number of likely N-dealkylation sites (N-methyl/N-ethyl adjacent to an activating group) is 1. The van der Waals surface area contributed by atoms with E-state index in [2.05, 4.69) is 0 Å². The van der Waals surface area contributed by atoms with E-state index in [4.69, 9.17) is 33.5 Å². The van der Waals surface area contributed by atoms with Gasteiger partial charge in [-0.15, -0.1) is 0 Å². The van der Waals surface area contributed by atoms with Crippen molar-refractivity contribution in [3.63, 3.8) is 0 Å². The number of benzene rings is 1. The number of hydrogen-bond donors (Lipinski definition) is 2. The van der Waals surface area contributed by atoms with Crippen LogP contribution >= 0.6 is 0 Å². The highest BCUT2D eigenvalue weighted by Gasteiger charge is 2.69. The highest BCUT2D eigenvalue weighted by Crippen LogP contribution is 2.62. The highest BCUT2D eigenvalue weighted by atomic mass is 16.6. The van der Waals surface area contributed by atoms with E-state index >= 15 is 0 Å². The van der Waals surface area contributed by atoms with Gasteiger partial charge < -0.3 is 43.5 Å². The molecule has 0 radical (unpaired) electrons. The van der Waals surface area contributed by atoms with Crippen LogP contribution in [0.15, 0.2) is 24.0 Å². The van der Waals surface area contributed by atoms with Gasteiger partial charge in [-0.05, 0) is 58.5 Å². The third kappa shape index (κ3) is 5.36. The van der Waals surface area contributed by atoms with Crippen molar-refractivity contribution in [2.45, 2.75) is 88.9 Å². The zero-order chi connectivity index (χ0) is 32.7. The number of hydrogen-bond acceptors (Lipinski definition) is 13. The molecule has 3 aliphatic rings. The number of aliphatic hydroxyl groups is 1. The number of aryl methyl sites for hydroxylation is 1. The van der Waals surface area contributed by atoms with Gasteiger partial charge in [0.25, 0.3) is 0 Å². The number of carbonyl (C=O) groups excluding carboxylic acids is 4. The van der Waals surface area contributed by atoms with Crippen molar-refractivity contribution in [1.82, 2.24) is 4.90 Å². The molecule has 7 atom stereocenters. The zero-order valence-corrected chi connectivity index (χ0v) is 25.6. The molecule has 2 aliphatic heterocycles. The van der Waals surface area contributed by atoms with Gasteiger partial charge in [-0.1, -0.05) is 6.07 Å². The van der Waals surface area contributed by atoms with Crippen LogP contribution in [0, 0.1) is 6.92 Å². The van der Waals surface area contributed by atoms with Gasteiger partial charge in [0.15, 0.2) is 23.7 Å². The van der Waals surface area contributed by atoms with Gasteiger partial charge >= 0.3 is 29.8 Å². The monoisotopic (exact) mass is 619 g/mol. The second-order valence-corrected chi connectivity index (χ2v) is 11.3. The normalized spacial score (nSPS) is 27.5. The maximum absolute atomic E-state index is 13.7. The highest BCUT2D eigenvalue weighted by molar-refractivity contribution is 5.90. The van der Waals surface area contributed by atoms with Crippen LogP contribution in [0.25, 0.3) is 0 Å². The summed E-state index contributed by atoms with van der Waals surface area (Å²) in [6, 6.07) is 3.25. The number of likely N-dealkylation sites (tertiary alicyclic amines) is 1. The van der Waals surface area contributed by atoms with Crippen LogP contribution in [0.4, 0.5) is 0 Å². The minimum absolute atomic E-state index is 0.0277. The second-order valence-electron chi connectivity index (χ2n) is 11.3. The van der Waals surface area contributed by atoms with Crippen LogP contribution in [0.2, 0.25) is 0 Å². The van der Waals surface area contributed by atoms with E-state index in [0.29, 0.717) is 30.0 Å². The van der Waals surface area contributed by atoms with Crippen molar-refractivity contribution in [1.29, 1.82) is 0 Å². The summed E-state index contributed by atoms with van der Waals surface area (Å²) in [5.41, 5.74) is -0.935. The van der Waals surface area contributed by atoms with Gasteiger partial charge in [-0.3, -0.25) is 9.59 Å². The van der Waals surface area contributed by atoms with Crippen molar-refractivity contribution in [2.75, 3.05) is 20.7 Å². The quantitative estimate of drug-likeness (QED) is 0.296. The molecule has 44 heavy (non-hydrogen) atoms. The van der Waals surface area contributed by atoms with E-state index in [1.807, 2.05) is 31.9 Å². The van der Waals surface area contributed by atoms with Crippen molar-refractivity contribution in [3.8, 4) is 11.5 Å². The van der Waals surface area contributed by atoms with Gasteiger partial charge in [0.05, 0.1) is 18.1 Å². The Morgan fingerprint density at radius 3 is 2.23 bits per heavy atom. The van der Waals surface area contributed by atoms with Crippen LogP contribution in [0.5, 0.6) is 11.5 Å². The van der Waals surface area contributed by atoms with Crippen LogP contribution in [-0.2, 0) is 48.3 Å². The van der Waals surface area contributed by atoms with E-state index < -0.39 is 65.3 Å². The first kappa shape index (κ1) is 32.7. The number of aliphatic carboxylic acids is 1. The molecule has 1 spiro atoms. The molecule has 2 heterocycles. The summed E-state index contributed by atoms with van der Waals surface area (Å²) < 4.78 is 32.7. The summed E-state index contributed by atoms with van der Waals surface area (Å²) in [7, 11) is 3.39. The maximum atomic E-state index is 13.7. The minimum atomic E-state index is -2.19. The third-order valence-corrected chi connectivity index (χ3v) is 8.72. The number of nitrogens with zero attached hydrogens (tertiary/aromatic N) is 1. The molecule has 0 aromatic heterocycles. The van der Waals surface area contributed by atoms with E-state index in [9.17, 15) is 29.1 Å². The van der Waals surface area contributed by atoms with Crippen molar-refractivity contribution in [2.24, 2.45) is 0 Å². The van der Waals surface area contributed by atoms with E-state index in [0.717, 1.165) is 26.3 Å². The van der Waals surface area contributed by atoms with E-state index in [1.54, 1.807) is 6.07 Å². The first-order valence-electron chi connectivity index (χ1n) is 14.1. The summed E-state index contributed by atoms with van der Waals surface area (Å²) in [6.45, 7) is 7.30. The Morgan fingerprint density at radius 1 is 1.05 bits per heavy atom. The van der Waals surface area contributed by atoms with Crippen LogP contribution in [0.3, 0.4) is 0 Å². The molecule has 240 valence electrons. The van der Waals surface area contributed by atoms with Crippen molar-refractivity contribution in [3.05, 3.63) is 35.1 Å². The van der Waals surface area contributed by atoms with Crippen molar-refractivity contribution >= 4 is 29.8 Å². The lowest BCUT2D eigenvalue weighted by Crippen LogP contribution is -2.71. The molecule has 1 fully saturated rings. The molecular formula is C30H37NO13. The minimum Gasteiger partial charge on any atom is -0.493 e. The predicted molar refractivity (Wildman–Crippen MR) is 149 cm³/mol. The number of carboxylic acids is 1. The number of carboxylic acid groups (broad SMARTS) is 1. The Balaban J connectivity index is 1.77. The Labute approximate surface area is 253 Å². The largest absolute Gasteiger partial charge is 0.493 e. The summed E-state index contributed by atoms with van der Waals surface area (Å²) in [6.07, 6.45) is -5.12. The Bertz CT molecular complexity index is 1410. The van der Waals surface area contributed by atoms with E-state index in [-0.39, 0.29) is 18.2 Å². The lowest BCUT2D eigenvalue weighted by molar-refractivity contribution is -0.194. The molecule has 0 bridgehead atoms. The Kier molecular flexibility index (Phi) is 8.99. The summed E-state index contributed by atoms with van der Waals surface area (Å²) in [5.74, 6) is -5.57. The number of rotatable bonds is 9. The molecule has 2 N–H and O–H groups in total. The van der Waals surface area contributed by atoms with Gasteiger partial charge in [0.2, 0.25) is 12.2 Å². The number of esters is 4. The fourth-order valence-corrected chi connectivity index (χ4v) is 6.45. The molecule has 0 saturated carbocycles. The topological polar surface area (TPSA) is 184 Å². The molecule has 14 nitrogen and oxygen atoms in total. The average molecular weight is 620 g/mol. The standard InChI is InChI=1S/C30H37NO13/c1-14-8-9-19(39-7)22-21(14)29-12-13-31(6)16(3)30(29,38)11-10-20(25(29)44-22)43-28(37)24(42-18(5)33)23(41-17(4)32)27(36)40-15(2)26(34)35/h8-10,15-16,23-25,38H,11-13H2,1-7H3,(H,34,35)/t15-,16+,23-,24-,25-,29-,30+/m0/s1. The number of carbonyl (C=O) groups is 5. The smallest absolute Gasteiger partial charge is 0.357 e. The van der Waals surface area contributed by atoms with E-state index in [1.165, 1.54) is 13.2 Å². The number of methoxy groups -OCH3 is 1. The van der Waals surface area contributed by atoms with Gasteiger partial charge in [0.1, 0.15) is 5.76 Å². The first-order chi connectivity index (χ1) is 20.6. The second kappa shape index (κ2) is 12.1. The van der Waals surface area contributed by atoms with Crippen LogP contribution < -0.4 is 9.47 Å². The van der Waals surface area contributed by atoms with Crippen LogP contribution in [-0.4, -0.2) is 102 Å².